The molecule has 3 rings (SSSR count). The minimum Gasteiger partial charge on any atom is -0.494 e. The second-order valence-electron chi connectivity index (χ2n) is 7.26. The van der Waals surface area contributed by atoms with E-state index in [2.05, 4.69) is 5.32 Å². The number of rotatable bonds is 8. The third-order valence-corrected chi connectivity index (χ3v) is 6.57. The van der Waals surface area contributed by atoms with Gasteiger partial charge in [-0.1, -0.05) is 17.7 Å². The number of ether oxygens (including phenoxy) is 1. The highest BCUT2D eigenvalue weighted by atomic mass is 32.2. The number of benzene rings is 3. The van der Waals surface area contributed by atoms with Crippen LogP contribution in [0.2, 0.25) is 0 Å². The van der Waals surface area contributed by atoms with Crippen LogP contribution in [-0.2, 0) is 14.8 Å². The average Bonchev–Trinajstić information content (AvgIpc) is 2.75. The van der Waals surface area contributed by atoms with Gasteiger partial charge < -0.3 is 10.1 Å². The van der Waals surface area contributed by atoms with Crippen LogP contribution in [0.25, 0.3) is 0 Å². The van der Waals surface area contributed by atoms with Gasteiger partial charge in [-0.15, -0.1) is 0 Å². The molecule has 0 atom stereocenters. The Kier molecular flexibility index (Phi) is 7.15. The van der Waals surface area contributed by atoms with Crippen molar-refractivity contribution in [1.82, 2.24) is 0 Å². The fourth-order valence-electron chi connectivity index (χ4n) is 3.20. The van der Waals surface area contributed by atoms with Gasteiger partial charge in [0.25, 0.3) is 10.0 Å². The van der Waals surface area contributed by atoms with Gasteiger partial charge in [-0.25, -0.2) is 12.8 Å². The molecule has 6 nitrogen and oxygen atoms in total. The molecule has 0 radical (unpaired) electrons. The molecule has 8 heteroatoms. The van der Waals surface area contributed by atoms with Crippen molar-refractivity contribution >= 4 is 27.3 Å². The van der Waals surface area contributed by atoms with Gasteiger partial charge in [0, 0.05) is 5.69 Å². The molecule has 0 unspecified atom stereocenters. The number of amides is 1. The minimum absolute atomic E-state index is 0.118. The van der Waals surface area contributed by atoms with Gasteiger partial charge in [0.2, 0.25) is 5.91 Å². The molecule has 1 amide bonds. The summed E-state index contributed by atoms with van der Waals surface area (Å²) in [5.41, 5.74) is 2.81. The number of carbonyl (C=O) groups excluding carboxylic acids is 1. The minimum atomic E-state index is -4.14. The lowest BCUT2D eigenvalue weighted by molar-refractivity contribution is -0.114. The Morgan fingerprint density at radius 3 is 2.25 bits per heavy atom. The van der Waals surface area contributed by atoms with Gasteiger partial charge in [0.15, 0.2) is 0 Å². The maximum Gasteiger partial charge on any atom is 0.264 e. The van der Waals surface area contributed by atoms with Crippen LogP contribution in [0, 0.1) is 19.7 Å². The SMILES string of the molecule is CCOc1ccc(N(CC(=O)Nc2ccc(C)cc2C)S(=O)(=O)c2ccc(F)cc2)cc1. The van der Waals surface area contributed by atoms with Gasteiger partial charge in [-0.3, -0.25) is 9.10 Å². The first-order valence-corrected chi connectivity index (χ1v) is 11.5. The van der Waals surface area contributed by atoms with E-state index in [4.69, 9.17) is 4.74 Å². The molecule has 0 saturated heterocycles. The van der Waals surface area contributed by atoms with E-state index in [1.807, 2.05) is 32.9 Å². The van der Waals surface area contributed by atoms with Crippen molar-refractivity contribution in [2.24, 2.45) is 0 Å². The van der Waals surface area contributed by atoms with Crippen molar-refractivity contribution in [3.8, 4) is 5.75 Å². The molecule has 32 heavy (non-hydrogen) atoms. The van der Waals surface area contributed by atoms with Gasteiger partial charge in [0.1, 0.15) is 18.1 Å². The van der Waals surface area contributed by atoms with Crippen molar-refractivity contribution < 1.29 is 22.3 Å². The third-order valence-electron chi connectivity index (χ3n) is 4.78. The first-order valence-electron chi connectivity index (χ1n) is 10.1. The highest BCUT2D eigenvalue weighted by Crippen LogP contribution is 2.26. The van der Waals surface area contributed by atoms with Crippen molar-refractivity contribution in [3.05, 3.63) is 83.7 Å². The quantitative estimate of drug-likeness (QED) is 0.534. The fraction of sp³-hybridized carbons (Fsp3) is 0.208. The van der Waals surface area contributed by atoms with Gasteiger partial charge in [-0.2, -0.15) is 0 Å². The zero-order chi connectivity index (χ0) is 23.3. The Balaban J connectivity index is 1.94. The molecule has 0 fully saturated rings. The van der Waals surface area contributed by atoms with Gasteiger partial charge >= 0.3 is 0 Å². The van der Waals surface area contributed by atoms with E-state index < -0.39 is 28.3 Å². The lowest BCUT2D eigenvalue weighted by Crippen LogP contribution is -2.38. The van der Waals surface area contributed by atoms with Crippen LogP contribution in [0.4, 0.5) is 15.8 Å². The van der Waals surface area contributed by atoms with Gasteiger partial charge in [-0.05, 0) is 80.9 Å². The lowest BCUT2D eigenvalue weighted by Gasteiger charge is -2.24. The molecule has 0 aromatic heterocycles. The molecule has 3 aromatic rings. The summed E-state index contributed by atoms with van der Waals surface area (Å²) < 4.78 is 46.5. The van der Waals surface area contributed by atoms with Crippen LogP contribution < -0.4 is 14.4 Å². The van der Waals surface area contributed by atoms with Crippen molar-refractivity contribution in [3.63, 3.8) is 0 Å². The molecule has 0 spiro atoms. The van der Waals surface area contributed by atoms with Crippen LogP contribution >= 0.6 is 0 Å². The van der Waals surface area contributed by atoms with E-state index in [1.54, 1.807) is 30.3 Å². The number of halogens is 1. The Labute approximate surface area is 187 Å². The standard InChI is InChI=1S/C24H25FN2O4S/c1-4-31-21-10-8-20(9-11-21)27(32(29,30)22-12-6-19(25)7-13-22)16-24(28)26-23-14-5-17(2)15-18(23)3/h5-15H,4,16H2,1-3H3,(H,26,28). The van der Waals surface area contributed by atoms with Crippen LogP contribution in [0.1, 0.15) is 18.1 Å². The number of nitrogens with zero attached hydrogens (tertiary/aromatic N) is 1. The molecule has 0 aliphatic carbocycles. The zero-order valence-electron chi connectivity index (χ0n) is 18.1. The smallest absolute Gasteiger partial charge is 0.264 e. The van der Waals surface area contributed by atoms with E-state index in [9.17, 15) is 17.6 Å². The Morgan fingerprint density at radius 2 is 1.66 bits per heavy atom. The van der Waals surface area contributed by atoms with E-state index in [0.29, 0.717) is 18.0 Å². The second kappa shape index (κ2) is 9.82. The summed E-state index contributed by atoms with van der Waals surface area (Å²) in [5.74, 6) is -0.476. The molecular weight excluding hydrogens is 431 g/mol. The second-order valence-corrected chi connectivity index (χ2v) is 9.12. The van der Waals surface area contributed by atoms with Crippen LogP contribution in [0.3, 0.4) is 0 Å². The zero-order valence-corrected chi connectivity index (χ0v) is 18.9. The van der Waals surface area contributed by atoms with E-state index in [0.717, 1.165) is 27.6 Å². The number of aryl methyl sites for hydroxylation is 2. The molecule has 168 valence electrons. The number of carbonyl (C=O) groups is 1. The average molecular weight is 457 g/mol. The Bertz CT molecular complexity index is 1190. The largest absolute Gasteiger partial charge is 0.494 e. The van der Waals surface area contributed by atoms with E-state index in [1.165, 1.54) is 12.1 Å². The van der Waals surface area contributed by atoms with Gasteiger partial charge in [0.05, 0.1) is 17.2 Å². The first-order chi connectivity index (χ1) is 15.2. The number of anilines is 2. The first kappa shape index (κ1) is 23.3. The molecule has 1 N–H and O–H groups in total. The molecule has 3 aromatic carbocycles. The summed E-state index contributed by atoms with van der Waals surface area (Å²) in [6.07, 6.45) is 0. The Hall–Kier alpha value is -3.39. The van der Waals surface area contributed by atoms with Crippen LogP contribution in [-0.4, -0.2) is 27.5 Å². The van der Waals surface area contributed by atoms with Crippen molar-refractivity contribution in [2.75, 3.05) is 22.8 Å². The normalized spacial score (nSPS) is 11.1. The predicted octanol–water partition coefficient (Wildman–Crippen LogP) is 4.68. The highest BCUT2D eigenvalue weighted by Gasteiger charge is 2.27. The summed E-state index contributed by atoms with van der Waals surface area (Å²) >= 11 is 0. The maximum absolute atomic E-state index is 13.3. The highest BCUT2D eigenvalue weighted by molar-refractivity contribution is 7.92. The number of hydrogen-bond acceptors (Lipinski definition) is 4. The summed E-state index contributed by atoms with van der Waals surface area (Å²) in [7, 11) is -4.14. The lowest BCUT2D eigenvalue weighted by atomic mass is 10.1. The monoisotopic (exact) mass is 456 g/mol. The summed E-state index contributed by atoms with van der Waals surface area (Å²) in [5, 5.41) is 2.77. The third kappa shape index (κ3) is 5.45. The van der Waals surface area contributed by atoms with E-state index >= 15 is 0 Å². The van der Waals surface area contributed by atoms with Crippen LogP contribution in [0.15, 0.2) is 71.6 Å². The number of nitrogens with one attached hydrogen (secondary N) is 1. The summed E-state index contributed by atoms with van der Waals surface area (Å²) in [4.78, 5) is 12.7. The fourth-order valence-corrected chi connectivity index (χ4v) is 4.62. The molecule has 0 saturated carbocycles. The molecule has 0 aliphatic heterocycles. The molecule has 0 aliphatic rings. The number of sulfonamides is 1. The maximum atomic E-state index is 13.3. The number of hydrogen-bond donors (Lipinski definition) is 1. The predicted molar refractivity (Wildman–Crippen MR) is 123 cm³/mol. The molecular formula is C24H25FN2O4S. The summed E-state index contributed by atoms with van der Waals surface area (Å²) in [6.45, 7) is 5.66. The van der Waals surface area contributed by atoms with Crippen molar-refractivity contribution in [2.45, 2.75) is 25.7 Å². The Morgan fingerprint density at radius 1 is 1.00 bits per heavy atom. The molecule has 0 heterocycles. The van der Waals surface area contributed by atoms with Crippen molar-refractivity contribution in [1.29, 1.82) is 0 Å². The summed E-state index contributed by atoms with van der Waals surface area (Å²) in [6, 6.07) is 16.4. The topological polar surface area (TPSA) is 75.7 Å². The molecule has 0 bridgehead atoms. The van der Waals surface area contributed by atoms with E-state index in [-0.39, 0.29) is 10.6 Å². The van der Waals surface area contributed by atoms with Crippen LogP contribution in [0.5, 0.6) is 5.75 Å².